The van der Waals surface area contributed by atoms with Crippen LogP contribution in [-0.4, -0.2) is 18.5 Å². The van der Waals surface area contributed by atoms with Gasteiger partial charge in [0, 0.05) is 16.8 Å². The number of allylic oxidation sites excluding steroid dienone is 1. The molecule has 0 atom stereocenters. The lowest BCUT2D eigenvalue weighted by Gasteiger charge is -2.05. The van der Waals surface area contributed by atoms with Crippen LogP contribution in [0.15, 0.2) is 22.0 Å². The summed E-state index contributed by atoms with van der Waals surface area (Å²) >= 11 is 10.7. The lowest BCUT2D eigenvalue weighted by Crippen LogP contribution is -2.00. The maximum Gasteiger partial charge on any atom is 0.331 e. The van der Waals surface area contributed by atoms with Gasteiger partial charge in [-0.1, -0.05) is 0 Å². The van der Waals surface area contributed by atoms with E-state index < -0.39 is 0 Å². The van der Waals surface area contributed by atoms with Gasteiger partial charge in [0.2, 0.25) is 0 Å². The highest BCUT2D eigenvalue weighted by atomic mass is 79.9. The van der Waals surface area contributed by atoms with E-state index in [-0.39, 0.29) is 5.97 Å². The summed E-state index contributed by atoms with van der Waals surface area (Å²) in [4.78, 5) is 12.6. The van der Waals surface area contributed by atoms with Crippen LogP contribution in [0.1, 0.15) is 31.1 Å². The van der Waals surface area contributed by atoms with E-state index in [2.05, 4.69) is 15.9 Å². The van der Waals surface area contributed by atoms with Crippen molar-refractivity contribution in [3.05, 3.63) is 26.9 Å². The van der Waals surface area contributed by atoms with Crippen LogP contribution in [0.4, 0.5) is 0 Å². The van der Waals surface area contributed by atoms with Crippen molar-refractivity contribution in [2.75, 3.05) is 12.5 Å². The minimum Gasteiger partial charge on any atom is -0.463 e. The van der Waals surface area contributed by atoms with E-state index in [4.69, 9.17) is 16.3 Å². The van der Waals surface area contributed by atoms with Crippen LogP contribution in [0.25, 0.3) is 5.57 Å². The summed E-state index contributed by atoms with van der Waals surface area (Å²) in [5, 5.41) is 0. The molecular weight excluding hydrogens is 336 g/mol. The fourth-order valence-corrected chi connectivity index (χ4v) is 3.11. The number of halogens is 2. The monoisotopic (exact) mass is 350 g/mol. The number of ether oxygens (including phenoxy) is 1. The van der Waals surface area contributed by atoms with E-state index in [1.54, 1.807) is 24.3 Å². The zero-order valence-corrected chi connectivity index (χ0v) is 13.4. The number of unbranched alkanes of at least 4 members (excludes halogenated alkanes) is 1. The summed E-state index contributed by atoms with van der Waals surface area (Å²) in [6, 6.07) is 4.00. The molecule has 0 saturated carbocycles. The Morgan fingerprint density at radius 3 is 2.83 bits per heavy atom. The molecule has 0 bridgehead atoms. The van der Waals surface area contributed by atoms with Crippen LogP contribution in [0.2, 0.25) is 0 Å². The number of rotatable bonds is 7. The fourth-order valence-electron chi connectivity index (χ4n) is 1.49. The smallest absolute Gasteiger partial charge is 0.331 e. The molecule has 1 aromatic heterocycles. The van der Waals surface area contributed by atoms with Crippen molar-refractivity contribution in [2.24, 2.45) is 0 Å². The number of alkyl halides is 1. The third kappa shape index (κ3) is 5.55. The zero-order valence-electron chi connectivity index (χ0n) is 10.2. The first-order valence-electron chi connectivity index (χ1n) is 5.86. The molecule has 1 heterocycles. The lowest BCUT2D eigenvalue weighted by molar-refractivity contribution is -0.137. The molecule has 0 aliphatic carbocycles. The van der Waals surface area contributed by atoms with Crippen LogP contribution >= 0.6 is 38.9 Å². The third-order valence-corrected chi connectivity index (χ3v) is 4.26. The molecule has 0 spiro atoms. The van der Waals surface area contributed by atoms with Gasteiger partial charge in [-0.25, -0.2) is 4.79 Å². The van der Waals surface area contributed by atoms with Crippen molar-refractivity contribution in [1.82, 2.24) is 0 Å². The minimum absolute atomic E-state index is 0.275. The molecule has 1 aromatic rings. The van der Waals surface area contributed by atoms with Gasteiger partial charge in [0.05, 0.1) is 10.4 Å². The Morgan fingerprint density at radius 2 is 2.28 bits per heavy atom. The van der Waals surface area contributed by atoms with E-state index in [9.17, 15) is 4.79 Å². The molecule has 18 heavy (non-hydrogen) atoms. The SMILES string of the molecule is CCOC(=O)/C=C(/CCCCCl)c1ccc(Br)s1. The van der Waals surface area contributed by atoms with Gasteiger partial charge in [0.1, 0.15) is 0 Å². The van der Waals surface area contributed by atoms with Gasteiger partial charge in [-0.15, -0.1) is 22.9 Å². The maximum absolute atomic E-state index is 11.5. The van der Waals surface area contributed by atoms with Crippen LogP contribution < -0.4 is 0 Å². The second kappa shape index (κ2) is 8.73. The molecule has 0 N–H and O–H groups in total. The number of carbonyl (C=O) groups excluding carboxylic acids is 1. The van der Waals surface area contributed by atoms with Gasteiger partial charge in [0.25, 0.3) is 0 Å². The number of esters is 1. The highest BCUT2D eigenvalue weighted by Crippen LogP contribution is 2.31. The Bertz CT molecular complexity index is 415. The Morgan fingerprint density at radius 1 is 1.50 bits per heavy atom. The van der Waals surface area contributed by atoms with Crippen LogP contribution in [-0.2, 0) is 9.53 Å². The third-order valence-electron chi connectivity index (χ3n) is 2.30. The molecule has 2 nitrogen and oxygen atoms in total. The maximum atomic E-state index is 11.5. The van der Waals surface area contributed by atoms with Crippen molar-refractivity contribution in [1.29, 1.82) is 0 Å². The molecule has 0 amide bonds. The van der Waals surface area contributed by atoms with Crippen LogP contribution in [0, 0.1) is 0 Å². The van der Waals surface area contributed by atoms with Gasteiger partial charge in [0.15, 0.2) is 0 Å². The largest absolute Gasteiger partial charge is 0.463 e. The van der Waals surface area contributed by atoms with E-state index >= 15 is 0 Å². The van der Waals surface area contributed by atoms with Crippen LogP contribution in [0.5, 0.6) is 0 Å². The molecule has 0 fully saturated rings. The molecule has 0 unspecified atom stereocenters. The minimum atomic E-state index is -0.275. The summed E-state index contributed by atoms with van der Waals surface area (Å²) in [6.45, 7) is 2.21. The van der Waals surface area contributed by atoms with Crippen LogP contribution in [0.3, 0.4) is 0 Å². The Hall–Kier alpha value is -0.320. The van der Waals surface area contributed by atoms with E-state index in [0.29, 0.717) is 12.5 Å². The number of thiophene rings is 1. The molecule has 0 saturated heterocycles. The molecule has 0 radical (unpaired) electrons. The van der Waals surface area contributed by atoms with Crippen molar-refractivity contribution >= 4 is 50.4 Å². The highest BCUT2D eigenvalue weighted by molar-refractivity contribution is 9.11. The number of hydrogen-bond acceptors (Lipinski definition) is 3. The first-order valence-corrected chi connectivity index (χ1v) is 8.00. The van der Waals surface area contributed by atoms with E-state index in [1.807, 2.05) is 12.1 Å². The second-order valence-corrected chi connectivity index (χ2v) is 6.51. The Balaban J connectivity index is 2.77. The molecule has 1 rings (SSSR count). The zero-order chi connectivity index (χ0) is 13.4. The molecule has 0 aliphatic heterocycles. The van der Waals surface area contributed by atoms with E-state index in [1.165, 1.54) is 0 Å². The average Bonchev–Trinajstić information content (AvgIpc) is 2.75. The predicted molar refractivity (Wildman–Crippen MR) is 81.2 cm³/mol. The quantitative estimate of drug-likeness (QED) is 0.303. The van der Waals surface area contributed by atoms with Crippen molar-refractivity contribution in [3.8, 4) is 0 Å². The molecule has 100 valence electrons. The fraction of sp³-hybridized carbons (Fsp3) is 0.462. The molecule has 5 heteroatoms. The Labute approximate surface area is 125 Å². The first-order chi connectivity index (χ1) is 8.67. The van der Waals surface area contributed by atoms with Gasteiger partial charge in [-0.3, -0.25) is 0 Å². The van der Waals surface area contributed by atoms with E-state index in [0.717, 1.165) is 33.5 Å². The number of hydrogen-bond donors (Lipinski definition) is 0. The average molecular weight is 352 g/mol. The lowest BCUT2D eigenvalue weighted by atomic mass is 10.1. The van der Waals surface area contributed by atoms with Gasteiger partial charge >= 0.3 is 5.97 Å². The topological polar surface area (TPSA) is 26.3 Å². The first kappa shape index (κ1) is 15.7. The predicted octanol–water partition coefficient (Wildman–Crippen LogP) is 4.87. The summed E-state index contributed by atoms with van der Waals surface area (Å²) in [5.41, 5.74) is 1.02. The molecule has 0 aromatic carbocycles. The summed E-state index contributed by atoms with van der Waals surface area (Å²) in [5.74, 6) is 0.378. The normalized spacial score (nSPS) is 11.6. The standard InChI is InChI=1S/C13H16BrClO2S/c1-2-17-13(16)9-10(5-3-4-8-15)11-6-7-12(14)18-11/h6-7,9H,2-5,8H2,1H3/b10-9-. The summed E-state index contributed by atoms with van der Waals surface area (Å²) < 4.78 is 6.02. The summed E-state index contributed by atoms with van der Waals surface area (Å²) in [6.07, 6.45) is 4.37. The van der Waals surface area contributed by atoms with Gasteiger partial charge < -0.3 is 4.74 Å². The molecular formula is C13H16BrClO2S. The van der Waals surface area contributed by atoms with Crippen molar-refractivity contribution in [3.63, 3.8) is 0 Å². The van der Waals surface area contributed by atoms with Crippen molar-refractivity contribution in [2.45, 2.75) is 26.2 Å². The molecule has 0 aliphatic rings. The van der Waals surface area contributed by atoms with Gasteiger partial charge in [-0.2, -0.15) is 0 Å². The van der Waals surface area contributed by atoms with Crippen molar-refractivity contribution < 1.29 is 9.53 Å². The second-order valence-electron chi connectivity index (χ2n) is 3.67. The summed E-state index contributed by atoms with van der Waals surface area (Å²) in [7, 11) is 0. The highest BCUT2D eigenvalue weighted by Gasteiger charge is 2.08. The van der Waals surface area contributed by atoms with Gasteiger partial charge in [-0.05, 0) is 59.8 Å². The Kier molecular flexibility index (Phi) is 7.63. The number of carbonyl (C=O) groups is 1.